The Balaban J connectivity index is 3.70. The van der Waals surface area contributed by atoms with Gasteiger partial charge in [0, 0.05) is 26.2 Å². The smallest absolute Gasteiger partial charge is 0.271 e. The van der Waals surface area contributed by atoms with Crippen LogP contribution in [0.5, 0.6) is 0 Å². The van der Waals surface area contributed by atoms with Crippen LogP contribution in [0, 0.1) is 17.0 Å². The summed E-state index contributed by atoms with van der Waals surface area (Å²) in [5.41, 5.74) is -0.477. The predicted octanol–water partition coefficient (Wildman–Crippen LogP) is 0.252. The zero-order chi connectivity index (χ0) is 15.0. The van der Waals surface area contributed by atoms with Crippen LogP contribution in [-0.4, -0.2) is 38.2 Å². The van der Waals surface area contributed by atoms with Crippen LogP contribution in [0.15, 0.2) is 17.0 Å². The van der Waals surface area contributed by atoms with E-state index in [1.165, 1.54) is 25.9 Å². The van der Waals surface area contributed by atoms with E-state index in [1.54, 1.807) is 0 Å². The molecule has 0 aliphatic heterocycles. The highest BCUT2D eigenvalue weighted by Gasteiger charge is 2.24. The van der Waals surface area contributed by atoms with Crippen molar-refractivity contribution in [1.29, 1.82) is 0 Å². The number of nitro groups is 1. The van der Waals surface area contributed by atoms with Crippen LogP contribution in [-0.2, 0) is 10.0 Å². The Morgan fingerprint density at radius 2 is 1.89 bits per heavy atom. The maximum atomic E-state index is 11.9. The first-order valence-electron chi connectivity index (χ1n) is 5.09. The number of carbonyl (C=O) groups excluding carboxylic acids is 1. The van der Waals surface area contributed by atoms with Gasteiger partial charge in [-0.25, -0.2) is 13.6 Å². The number of primary sulfonamides is 1. The fourth-order valence-corrected chi connectivity index (χ4v) is 2.36. The Hall–Kier alpha value is -2.00. The molecule has 104 valence electrons. The molecule has 1 amide bonds. The van der Waals surface area contributed by atoms with Crippen LogP contribution in [0.3, 0.4) is 0 Å². The second-order valence-corrected chi connectivity index (χ2v) is 5.65. The predicted molar refractivity (Wildman–Crippen MR) is 67.2 cm³/mol. The molecule has 0 fully saturated rings. The summed E-state index contributed by atoms with van der Waals surface area (Å²) in [7, 11) is -1.24. The van der Waals surface area contributed by atoms with Gasteiger partial charge in [0.1, 0.15) is 0 Å². The van der Waals surface area contributed by atoms with Crippen molar-refractivity contribution in [2.24, 2.45) is 5.14 Å². The fourth-order valence-electron chi connectivity index (χ4n) is 1.54. The van der Waals surface area contributed by atoms with E-state index < -0.39 is 31.4 Å². The standard InChI is InChI=1S/C10H13N3O5S/c1-6-8(10(14)12(2)3)4-7(13(15)16)5-9(6)19(11,17)18/h4-5H,1-3H3,(H2,11,17,18). The summed E-state index contributed by atoms with van der Waals surface area (Å²) in [4.78, 5) is 22.7. The van der Waals surface area contributed by atoms with E-state index >= 15 is 0 Å². The van der Waals surface area contributed by atoms with Gasteiger partial charge in [-0.1, -0.05) is 0 Å². The Morgan fingerprint density at radius 3 is 2.26 bits per heavy atom. The van der Waals surface area contributed by atoms with Gasteiger partial charge >= 0.3 is 0 Å². The van der Waals surface area contributed by atoms with E-state index in [4.69, 9.17) is 5.14 Å². The van der Waals surface area contributed by atoms with E-state index in [-0.39, 0.29) is 11.1 Å². The summed E-state index contributed by atoms with van der Waals surface area (Å²) in [6.45, 7) is 1.38. The zero-order valence-electron chi connectivity index (χ0n) is 10.6. The molecule has 0 atom stereocenters. The minimum Gasteiger partial charge on any atom is -0.345 e. The maximum Gasteiger partial charge on any atom is 0.271 e. The van der Waals surface area contributed by atoms with Gasteiger partial charge in [0.05, 0.1) is 15.4 Å². The highest BCUT2D eigenvalue weighted by atomic mass is 32.2. The van der Waals surface area contributed by atoms with Crippen LogP contribution in [0.2, 0.25) is 0 Å². The molecule has 1 rings (SSSR count). The number of benzene rings is 1. The number of sulfonamides is 1. The lowest BCUT2D eigenvalue weighted by Gasteiger charge is -2.14. The summed E-state index contributed by atoms with van der Waals surface area (Å²) in [5, 5.41) is 15.8. The molecule has 0 saturated heterocycles. The molecule has 0 saturated carbocycles. The number of carbonyl (C=O) groups is 1. The highest BCUT2D eigenvalue weighted by Crippen LogP contribution is 2.25. The first-order valence-corrected chi connectivity index (χ1v) is 6.64. The molecule has 0 heterocycles. The SMILES string of the molecule is Cc1c(C(=O)N(C)C)cc([N+](=O)[O-])cc1S(N)(=O)=O. The number of nitrogens with zero attached hydrogens (tertiary/aromatic N) is 2. The summed E-state index contributed by atoms with van der Waals surface area (Å²) in [6.07, 6.45) is 0. The van der Waals surface area contributed by atoms with Gasteiger partial charge in [-0.2, -0.15) is 0 Å². The highest BCUT2D eigenvalue weighted by molar-refractivity contribution is 7.89. The van der Waals surface area contributed by atoms with Gasteiger partial charge in [0.25, 0.3) is 11.6 Å². The van der Waals surface area contributed by atoms with Gasteiger partial charge in [0.15, 0.2) is 0 Å². The molecule has 0 spiro atoms. The van der Waals surface area contributed by atoms with Gasteiger partial charge in [-0.05, 0) is 12.5 Å². The topological polar surface area (TPSA) is 124 Å². The van der Waals surface area contributed by atoms with E-state index in [1.807, 2.05) is 0 Å². The average Bonchev–Trinajstić information content (AvgIpc) is 2.26. The number of rotatable bonds is 3. The number of hydrogen-bond acceptors (Lipinski definition) is 5. The monoisotopic (exact) mass is 287 g/mol. The van der Waals surface area contributed by atoms with E-state index in [2.05, 4.69) is 0 Å². The molecule has 0 bridgehead atoms. The first-order chi connectivity index (χ1) is 8.55. The van der Waals surface area contributed by atoms with Crippen LogP contribution < -0.4 is 5.14 Å². The van der Waals surface area contributed by atoms with Crippen LogP contribution in [0.25, 0.3) is 0 Å². The second kappa shape index (κ2) is 4.94. The van der Waals surface area contributed by atoms with Gasteiger partial charge in [-0.3, -0.25) is 14.9 Å². The van der Waals surface area contributed by atoms with Crippen molar-refractivity contribution >= 4 is 21.6 Å². The van der Waals surface area contributed by atoms with Gasteiger partial charge in [0.2, 0.25) is 10.0 Å². The Labute approximate surface area is 110 Å². The number of amides is 1. The first kappa shape index (κ1) is 15.1. The number of nitro benzene ring substituents is 1. The van der Waals surface area contributed by atoms with Crippen LogP contribution in [0.1, 0.15) is 15.9 Å². The molecule has 9 heteroatoms. The van der Waals surface area contributed by atoms with Crippen molar-refractivity contribution in [1.82, 2.24) is 4.90 Å². The van der Waals surface area contributed by atoms with Crippen molar-refractivity contribution in [2.75, 3.05) is 14.1 Å². The summed E-state index contributed by atoms with van der Waals surface area (Å²) in [5.74, 6) is -0.536. The summed E-state index contributed by atoms with van der Waals surface area (Å²) in [6, 6.07) is 1.88. The molecule has 0 aliphatic carbocycles. The van der Waals surface area contributed by atoms with E-state index in [9.17, 15) is 23.3 Å². The normalized spacial score (nSPS) is 11.2. The van der Waals surface area contributed by atoms with Crippen LogP contribution >= 0.6 is 0 Å². The third-order valence-corrected chi connectivity index (χ3v) is 3.54. The maximum absolute atomic E-state index is 11.9. The second-order valence-electron chi connectivity index (χ2n) is 4.12. The lowest BCUT2D eigenvalue weighted by molar-refractivity contribution is -0.385. The van der Waals surface area contributed by atoms with E-state index in [0.29, 0.717) is 0 Å². The minimum atomic E-state index is -4.15. The Kier molecular flexibility index (Phi) is 3.91. The van der Waals surface area contributed by atoms with Crippen molar-refractivity contribution < 1.29 is 18.1 Å². The Morgan fingerprint density at radius 1 is 1.37 bits per heavy atom. The molecule has 0 unspecified atom stereocenters. The molecular formula is C10H13N3O5S. The molecule has 19 heavy (non-hydrogen) atoms. The van der Waals surface area contributed by atoms with Crippen molar-refractivity contribution in [3.05, 3.63) is 33.4 Å². The molecule has 1 aromatic rings. The molecule has 1 aromatic carbocycles. The third kappa shape index (κ3) is 3.06. The van der Waals surface area contributed by atoms with Gasteiger partial charge < -0.3 is 4.90 Å². The molecule has 8 nitrogen and oxygen atoms in total. The third-order valence-electron chi connectivity index (χ3n) is 2.50. The lowest BCUT2D eigenvalue weighted by atomic mass is 10.1. The number of non-ortho nitro benzene ring substituents is 1. The molecule has 0 radical (unpaired) electrons. The Bertz CT molecular complexity index is 651. The largest absolute Gasteiger partial charge is 0.345 e. The summed E-state index contributed by atoms with van der Waals surface area (Å²) >= 11 is 0. The van der Waals surface area contributed by atoms with Crippen molar-refractivity contribution in [3.63, 3.8) is 0 Å². The zero-order valence-corrected chi connectivity index (χ0v) is 11.4. The number of nitrogens with two attached hydrogens (primary N) is 1. The average molecular weight is 287 g/mol. The molecule has 0 aromatic heterocycles. The van der Waals surface area contributed by atoms with Crippen molar-refractivity contribution in [3.8, 4) is 0 Å². The fraction of sp³-hybridized carbons (Fsp3) is 0.300. The number of hydrogen-bond donors (Lipinski definition) is 1. The van der Waals surface area contributed by atoms with Crippen LogP contribution in [0.4, 0.5) is 5.69 Å². The van der Waals surface area contributed by atoms with Gasteiger partial charge in [-0.15, -0.1) is 0 Å². The molecular weight excluding hydrogens is 274 g/mol. The summed E-state index contributed by atoms with van der Waals surface area (Å²) < 4.78 is 22.8. The lowest BCUT2D eigenvalue weighted by Crippen LogP contribution is -2.24. The molecule has 0 aliphatic rings. The minimum absolute atomic E-state index is 0.0665. The molecule has 2 N–H and O–H groups in total. The van der Waals surface area contributed by atoms with Crippen molar-refractivity contribution in [2.45, 2.75) is 11.8 Å². The quantitative estimate of drug-likeness (QED) is 0.630. The van der Waals surface area contributed by atoms with E-state index in [0.717, 1.165) is 12.1 Å².